The number of carbonyl (C=O) groups is 2. The van der Waals surface area contributed by atoms with Crippen molar-refractivity contribution in [1.29, 1.82) is 0 Å². The quantitative estimate of drug-likeness (QED) is 0.683. The van der Waals surface area contributed by atoms with E-state index in [-0.39, 0.29) is 24.0 Å². The molecule has 16 heavy (non-hydrogen) atoms. The standard InChI is InChI=1S/C11H10N2O3/c14-7-3-6(4-7)13-10(15)8-1-2-12-5-9(8)11(13)16/h1-2,5-7,14H,3-4H2. The second kappa shape index (κ2) is 3.12. The highest BCUT2D eigenvalue weighted by Gasteiger charge is 2.44. The number of amides is 2. The highest BCUT2D eigenvalue weighted by atomic mass is 16.3. The number of hydrogen-bond acceptors (Lipinski definition) is 4. The van der Waals surface area contributed by atoms with E-state index in [4.69, 9.17) is 0 Å². The maximum Gasteiger partial charge on any atom is 0.263 e. The van der Waals surface area contributed by atoms with Crippen molar-refractivity contribution in [2.45, 2.75) is 25.0 Å². The van der Waals surface area contributed by atoms with E-state index in [0.29, 0.717) is 24.0 Å². The molecule has 0 bridgehead atoms. The Morgan fingerprint density at radius 2 is 1.94 bits per heavy atom. The van der Waals surface area contributed by atoms with Crippen molar-refractivity contribution in [1.82, 2.24) is 9.88 Å². The first-order chi connectivity index (χ1) is 7.68. The number of fused-ring (bicyclic) bond motifs is 1. The molecule has 1 aromatic rings. The summed E-state index contributed by atoms with van der Waals surface area (Å²) in [6, 6.07) is 1.41. The lowest BCUT2D eigenvalue weighted by molar-refractivity contribution is 0.0100. The zero-order valence-corrected chi connectivity index (χ0v) is 8.46. The molecule has 1 aliphatic carbocycles. The van der Waals surface area contributed by atoms with Crippen molar-refractivity contribution in [3.05, 3.63) is 29.6 Å². The third kappa shape index (κ3) is 1.12. The lowest BCUT2D eigenvalue weighted by Crippen LogP contribution is -2.49. The molecule has 5 nitrogen and oxygen atoms in total. The van der Waals surface area contributed by atoms with Gasteiger partial charge in [-0.3, -0.25) is 19.5 Å². The number of hydrogen-bond donors (Lipinski definition) is 1. The molecule has 1 N–H and O–H groups in total. The Hall–Kier alpha value is -1.75. The summed E-state index contributed by atoms with van der Waals surface area (Å²) >= 11 is 0. The largest absolute Gasteiger partial charge is 0.393 e. The van der Waals surface area contributed by atoms with Gasteiger partial charge in [-0.15, -0.1) is 0 Å². The third-order valence-electron chi connectivity index (χ3n) is 3.17. The van der Waals surface area contributed by atoms with Gasteiger partial charge in [-0.1, -0.05) is 0 Å². The van der Waals surface area contributed by atoms with E-state index in [1.807, 2.05) is 0 Å². The molecule has 0 spiro atoms. The fraction of sp³-hybridized carbons (Fsp3) is 0.364. The topological polar surface area (TPSA) is 70.5 Å². The number of carbonyl (C=O) groups excluding carboxylic acids is 2. The summed E-state index contributed by atoms with van der Waals surface area (Å²) in [6.45, 7) is 0. The Morgan fingerprint density at radius 1 is 1.25 bits per heavy atom. The summed E-state index contributed by atoms with van der Waals surface area (Å²) in [7, 11) is 0. The van der Waals surface area contributed by atoms with E-state index >= 15 is 0 Å². The Kier molecular flexibility index (Phi) is 1.85. The molecule has 82 valence electrons. The van der Waals surface area contributed by atoms with Crippen molar-refractivity contribution in [2.24, 2.45) is 0 Å². The van der Waals surface area contributed by atoms with E-state index in [1.165, 1.54) is 17.3 Å². The summed E-state index contributed by atoms with van der Waals surface area (Å²) in [5, 5.41) is 9.21. The van der Waals surface area contributed by atoms with Gasteiger partial charge in [0.2, 0.25) is 0 Å². The normalized spacial score (nSPS) is 27.9. The Bertz CT molecular complexity index is 445. The monoisotopic (exact) mass is 218 g/mol. The first kappa shape index (κ1) is 9.47. The minimum absolute atomic E-state index is 0.151. The van der Waals surface area contributed by atoms with Gasteiger partial charge in [0.1, 0.15) is 0 Å². The van der Waals surface area contributed by atoms with Gasteiger partial charge >= 0.3 is 0 Å². The van der Waals surface area contributed by atoms with Gasteiger partial charge in [0.15, 0.2) is 0 Å². The predicted octanol–water partition coefficient (Wildman–Crippen LogP) is 0.201. The highest BCUT2D eigenvalue weighted by molar-refractivity contribution is 6.21. The average Bonchev–Trinajstić information content (AvgIpc) is 2.49. The molecule has 3 rings (SSSR count). The van der Waals surface area contributed by atoms with Crippen LogP contribution in [0.5, 0.6) is 0 Å². The predicted molar refractivity (Wildman–Crippen MR) is 53.8 cm³/mol. The number of aromatic nitrogens is 1. The van der Waals surface area contributed by atoms with Gasteiger partial charge in [0, 0.05) is 18.4 Å². The van der Waals surface area contributed by atoms with E-state index in [0.717, 1.165) is 0 Å². The van der Waals surface area contributed by atoms with Crippen LogP contribution in [0.3, 0.4) is 0 Å². The number of rotatable bonds is 1. The van der Waals surface area contributed by atoms with E-state index in [1.54, 1.807) is 6.07 Å². The van der Waals surface area contributed by atoms with Crippen molar-refractivity contribution >= 4 is 11.8 Å². The van der Waals surface area contributed by atoms with Crippen LogP contribution in [0.4, 0.5) is 0 Å². The third-order valence-corrected chi connectivity index (χ3v) is 3.17. The lowest BCUT2D eigenvalue weighted by Gasteiger charge is -2.36. The second-order valence-electron chi connectivity index (χ2n) is 4.18. The van der Waals surface area contributed by atoms with Crippen LogP contribution in [-0.2, 0) is 0 Å². The van der Waals surface area contributed by atoms with Gasteiger partial charge in [0.05, 0.1) is 17.2 Å². The van der Waals surface area contributed by atoms with Crippen LogP contribution >= 0.6 is 0 Å². The number of nitrogens with zero attached hydrogens (tertiary/aromatic N) is 2. The SMILES string of the molecule is O=C1c2ccncc2C(=O)N1C1CC(O)C1. The first-order valence-corrected chi connectivity index (χ1v) is 5.18. The van der Waals surface area contributed by atoms with Gasteiger partial charge < -0.3 is 5.11 Å². The maximum absolute atomic E-state index is 11.9. The molecule has 0 atom stereocenters. The minimum Gasteiger partial charge on any atom is -0.393 e. The molecule has 2 aliphatic rings. The molecule has 5 heteroatoms. The van der Waals surface area contributed by atoms with Crippen molar-refractivity contribution in [2.75, 3.05) is 0 Å². The summed E-state index contributed by atoms with van der Waals surface area (Å²) in [4.78, 5) is 29.0. The maximum atomic E-state index is 11.9. The van der Waals surface area contributed by atoms with Gasteiger partial charge in [-0.25, -0.2) is 0 Å². The summed E-state index contributed by atoms with van der Waals surface area (Å²) < 4.78 is 0. The van der Waals surface area contributed by atoms with Gasteiger partial charge in [-0.2, -0.15) is 0 Å². The Morgan fingerprint density at radius 3 is 2.56 bits per heavy atom. The smallest absolute Gasteiger partial charge is 0.263 e. The minimum atomic E-state index is -0.382. The van der Waals surface area contributed by atoms with E-state index < -0.39 is 0 Å². The molecule has 1 saturated carbocycles. The molecule has 1 fully saturated rings. The lowest BCUT2D eigenvalue weighted by atomic mass is 9.88. The fourth-order valence-corrected chi connectivity index (χ4v) is 2.20. The van der Waals surface area contributed by atoms with Crippen molar-refractivity contribution < 1.29 is 14.7 Å². The zero-order chi connectivity index (χ0) is 11.3. The van der Waals surface area contributed by atoms with Crippen LogP contribution in [0.1, 0.15) is 33.6 Å². The second-order valence-corrected chi connectivity index (χ2v) is 4.18. The summed E-state index contributed by atoms with van der Waals surface area (Å²) in [5.41, 5.74) is 0.787. The van der Waals surface area contributed by atoms with E-state index in [2.05, 4.69) is 4.98 Å². The summed E-state index contributed by atoms with van der Waals surface area (Å²) in [5.74, 6) is -0.552. The van der Waals surface area contributed by atoms with Gasteiger partial charge in [0.25, 0.3) is 11.8 Å². The van der Waals surface area contributed by atoms with Gasteiger partial charge in [-0.05, 0) is 18.9 Å². The van der Waals surface area contributed by atoms with E-state index in [9.17, 15) is 14.7 Å². The highest BCUT2D eigenvalue weighted by Crippen LogP contribution is 2.32. The number of aliphatic hydroxyl groups excluding tert-OH is 1. The number of pyridine rings is 1. The molecule has 1 aliphatic heterocycles. The molecule has 0 radical (unpaired) electrons. The van der Waals surface area contributed by atoms with Crippen LogP contribution in [0.15, 0.2) is 18.5 Å². The molecule has 2 amide bonds. The average molecular weight is 218 g/mol. The molecule has 0 unspecified atom stereocenters. The number of imide groups is 1. The molecule has 2 heterocycles. The molecule has 0 aromatic carbocycles. The Labute approximate surface area is 91.7 Å². The summed E-state index contributed by atoms with van der Waals surface area (Å²) in [6.07, 6.45) is 3.51. The van der Waals surface area contributed by atoms with Crippen LogP contribution in [0, 0.1) is 0 Å². The van der Waals surface area contributed by atoms with Crippen molar-refractivity contribution in [3.8, 4) is 0 Å². The van der Waals surface area contributed by atoms with Crippen LogP contribution in [0.25, 0.3) is 0 Å². The molecule has 1 aromatic heterocycles. The van der Waals surface area contributed by atoms with Crippen molar-refractivity contribution in [3.63, 3.8) is 0 Å². The number of aliphatic hydroxyl groups is 1. The van der Waals surface area contributed by atoms with Crippen LogP contribution < -0.4 is 0 Å². The molecular formula is C11H10N2O3. The fourth-order valence-electron chi connectivity index (χ4n) is 2.20. The van der Waals surface area contributed by atoms with Crippen LogP contribution in [0.2, 0.25) is 0 Å². The first-order valence-electron chi connectivity index (χ1n) is 5.18. The zero-order valence-electron chi connectivity index (χ0n) is 8.46. The Balaban J connectivity index is 1.96. The molecular weight excluding hydrogens is 208 g/mol. The molecule has 0 saturated heterocycles. The van der Waals surface area contributed by atoms with Crippen LogP contribution in [-0.4, -0.2) is 39.0 Å².